The van der Waals surface area contributed by atoms with Gasteiger partial charge >= 0.3 is 0 Å². The molecule has 0 aliphatic carbocycles. The van der Waals surface area contributed by atoms with Crippen LogP contribution in [0.2, 0.25) is 0 Å². The molecule has 0 aromatic heterocycles. The van der Waals surface area contributed by atoms with Crippen molar-refractivity contribution in [3.8, 4) is 0 Å². The van der Waals surface area contributed by atoms with E-state index in [0.717, 1.165) is 24.2 Å². The van der Waals surface area contributed by atoms with E-state index >= 15 is 0 Å². The molecule has 0 bridgehead atoms. The van der Waals surface area contributed by atoms with E-state index in [1.807, 2.05) is 48.5 Å². The molecule has 2 N–H and O–H groups in total. The van der Waals surface area contributed by atoms with E-state index in [1.54, 1.807) is 7.11 Å². The van der Waals surface area contributed by atoms with Gasteiger partial charge in [0, 0.05) is 20.1 Å². The SMILES string of the molecule is COCCNCCC(O)(Cc1ccccc1)c1ccccc1. The minimum absolute atomic E-state index is 0.615. The molecule has 2 rings (SSSR count). The van der Waals surface area contributed by atoms with Crippen LogP contribution < -0.4 is 5.32 Å². The van der Waals surface area contributed by atoms with Crippen LogP contribution in [0.4, 0.5) is 0 Å². The molecule has 1 atom stereocenters. The Kier molecular flexibility index (Phi) is 6.59. The van der Waals surface area contributed by atoms with Gasteiger partial charge in [0.25, 0.3) is 0 Å². The molecule has 0 aliphatic heterocycles. The number of hydrogen-bond donors (Lipinski definition) is 2. The van der Waals surface area contributed by atoms with E-state index in [2.05, 4.69) is 17.4 Å². The van der Waals surface area contributed by atoms with Crippen LogP contribution in [0.1, 0.15) is 17.5 Å². The van der Waals surface area contributed by atoms with Gasteiger partial charge in [-0.2, -0.15) is 0 Å². The first kappa shape index (κ1) is 16.7. The summed E-state index contributed by atoms with van der Waals surface area (Å²) in [5.41, 5.74) is 1.25. The summed E-state index contributed by atoms with van der Waals surface area (Å²) in [6, 6.07) is 20.1. The number of methoxy groups -OCH3 is 1. The van der Waals surface area contributed by atoms with E-state index in [0.29, 0.717) is 19.4 Å². The Bertz CT molecular complexity index is 530. The largest absolute Gasteiger partial charge is 0.385 e. The van der Waals surface area contributed by atoms with Gasteiger partial charge in [0.2, 0.25) is 0 Å². The molecule has 3 nitrogen and oxygen atoms in total. The van der Waals surface area contributed by atoms with Crippen LogP contribution in [0.15, 0.2) is 60.7 Å². The monoisotopic (exact) mass is 299 g/mol. The molecule has 0 radical (unpaired) electrons. The number of aliphatic hydroxyl groups is 1. The van der Waals surface area contributed by atoms with Gasteiger partial charge in [0.15, 0.2) is 0 Å². The van der Waals surface area contributed by atoms with Crippen LogP contribution in [0.25, 0.3) is 0 Å². The van der Waals surface area contributed by atoms with Gasteiger partial charge in [-0.3, -0.25) is 0 Å². The van der Waals surface area contributed by atoms with Crippen LogP contribution in [-0.2, 0) is 16.8 Å². The van der Waals surface area contributed by atoms with Crippen LogP contribution >= 0.6 is 0 Å². The Labute approximate surface area is 133 Å². The van der Waals surface area contributed by atoms with Gasteiger partial charge < -0.3 is 15.2 Å². The standard InChI is InChI=1S/C19H25NO2/c1-22-15-14-20-13-12-19(21,18-10-6-3-7-11-18)16-17-8-4-2-5-9-17/h2-11,20-21H,12-16H2,1H3. The van der Waals surface area contributed by atoms with Crippen molar-refractivity contribution >= 4 is 0 Å². The number of rotatable bonds is 9. The minimum Gasteiger partial charge on any atom is -0.385 e. The summed E-state index contributed by atoms with van der Waals surface area (Å²) in [6.45, 7) is 2.23. The quantitative estimate of drug-likeness (QED) is 0.700. The molecule has 0 heterocycles. The second-order valence-electron chi connectivity index (χ2n) is 5.55. The molecule has 1 unspecified atom stereocenters. The van der Waals surface area contributed by atoms with Gasteiger partial charge in [-0.05, 0) is 24.1 Å². The molecule has 3 heteroatoms. The van der Waals surface area contributed by atoms with E-state index in [-0.39, 0.29) is 0 Å². The lowest BCUT2D eigenvalue weighted by atomic mass is 9.84. The highest BCUT2D eigenvalue weighted by Gasteiger charge is 2.28. The van der Waals surface area contributed by atoms with Crippen molar-refractivity contribution in [2.45, 2.75) is 18.4 Å². The normalized spacial score (nSPS) is 13.7. The summed E-state index contributed by atoms with van der Waals surface area (Å²) in [6.07, 6.45) is 1.28. The maximum absolute atomic E-state index is 11.2. The third kappa shape index (κ3) is 4.95. The van der Waals surface area contributed by atoms with E-state index in [1.165, 1.54) is 0 Å². The van der Waals surface area contributed by atoms with Gasteiger partial charge in [-0.1, -0.05) is 60.7 Å². The summed E-state index contributed by atoms with van der Waals surface area (Å²) in [4.78, 5) is 0. The maximum atomic E-state index is 11.2. The second kappa shape index (κ2) is 8.69. The Morgan fingerprint density at radius 2 is 1.59 bits per heavy atom. The van der Waals surface area contributed by atoms with Gasteiger partial charge in [-0.15, -0.1) is 0 Å². The lowest BCUT2D eigenvalue weighted by molar-refractivity contribution is 0.0276. The number of benzene rings is 2. The number of ether oxygens (including phenoxy) is 1. The minimum atomic E-state index is -0.858. The molecule has 22 heavy (non-hydrogen) atoms. The first-order valence-electron chi connectivity index (χ1n) is 7.76. The Morgan fingerprint density at radius 3 is 2.23 bits per heavy atom. The van der Waals surface area contributed by atoms with Crippen molar-refractivity contribution in [3.63, 3.8) is 0 Å². The molecular formula is C19H25NO2. The first-order chi connectivity index (χ1) is 10.7. The summed E-state index contributed by atoms with van der Waals surface area (Å²) >= 11 is 0. The molecule has 0 saturated carbocycles. The molecule has 118 valence electrons. The van der Waals surface area contributed by atoms with Crippen molar-refractivity contribution in [1.29, 1.82) is 0 Å². The third-order valence-electron chi connectivity index (χ3n) is 3.85. The van der Waals surface area contributed by atoms with Gasteiger partial charge in [0.1, 0.15) is 0 Å². The fourth-order valence-corrected chi connectivity index (χ4v) is 2.61. The number of hydrogen-bond acceptors (Lipinski definition) is 3. The summed E-state index contributed by atoms with van der Waals surface area (Å²) < 4.78 is 5.03. The highest BCUT2D eigenvalue weighted by atomic mass is 16.5. The lowest BCUT2D eigenvalue weighted by Gasteiger charge is -2.29. The summed E-state index contributed by atoms with van der Waals surface area (Å²) in [5, 5.41) is 14.5. The van der Waals surface area contributed by atoms with Crippen LogP contribution in [0.5, 0.6) is 0 Å². The van der Waals surface area contributed by atoms with Crippen molar-refractivity contribution in [2.75, 3.05) is 26.8 Å². The predicted molar refractivity (Wildman–Crippen MR) is 89.8 cm³/mol. The highest BCUT2D eigenvalue weighted by molar-refractivity contribution is 5.26. The van der Waals surface area contributed by atoms with E-state index < -0.39 is 5.60 Å². The van der Waals surface area contributed by atoms with Crippen molar-refractivity contribution in [2.24, 2.45) is 0 Å². The van der Waals surface area contributed by atoms with Crippen molar-refractivity contribution in [1.82, 2.24) is 5.32 Å². The molecular weight excluding hydrogens is 274 g/mol. The summed E-state index contributed by atoms with van der Waals surface area (Å²) in [7, 11) is 1.69. The third-order valence-corrected chi connectivity index (χ3v) is 3.85. The van der Waals surface area contributed by atoms with Crippen LogP contribution in [0.3, 0.4) is 0 Å². The average Bonchev–Trinajstić information content (AvgIpc) is 2.56. The highest BCUT2D eigenvalue weighted by Crippen LogP contribution is 2.29. The average molecular weight is 299 g/mol. The zero-order valence-electron chi connectivity index (χ0n) is 13.2. The topological polar surface area (TPSA) is 41.5 Å². The van der Waals surface area contributed by atoms with Crippen molar-refractivity contribution in [3.05, 3.63) is 71.8 Å². The zero-order chi connectivity index (χ0) is 15.7. The maximum Gasteiger partial charge on any atom is 0.0948 e. The first-order valence-corrected chi connectivity index (χ1v) is 7.76. The fourth-order valence-electron chi connectivity index (χ4n) is 2.61. The van der Waals surface area contributed by atoms with E-state index in [4.69, 9.17) is 4.74 Å². The molecule has 2 aromatic carbocycles. The molecule has 0 aliphatic rings. The van der Waals surface area contributed by atoms with Gasteiger partial charge in [-0.25, -0.2) is 0 Å². The van der Waals surface area contributed by atoms with Crippen LogP contribution in [0, 0.1) is 0 Å². The molecule has 0 fully saturated rings. The number of nitrogens with one attached hydrogen (secondary N) is 1. The Hall–Kier alpha value is -1.68. The smallest absolute Gasteiger partial charge is 0.0948 e. The molecule has 0 saturated heterocycles. The molecule has 2 aromatic rings. The second-order valence-corrected chi connectivity index (χ2v) is 5.55. The Balaban J connectivity index is 2.07. The Morgan fingerprint density at radius 1 is 0.955 bits per heavy atom. The fraction of sp³-hybridized carbons (Fsp3) is 0.368. The predicted octanol–water partition coefficient (Wildman–Crippen LogP) is 2.74. The van der Waals surface area contributed by atoms with Crippen LogP contribution in [-0.4, -0.2) is 31.9 Å². The summed E-state index contributed by atoms with van der Waals surface area (Å²) in [5.74, 6) is 0. The van der Waals surface area contributed by atoms with Crippen molar-refractivity contribution < 1.29 is 9.84 Å². The zero-order valence-corrected chi connectivity index (χ0v) is 13.2. The lowest BCUT2D eigenvalue weighted by Crippen LogP contribution is -2.34. The molecule has 0 spiro atoms. The molecule has 0 amide bonds. The van der Waals surface area contributed by atoms with Gasteiger partial charge in [0.05, 0.1) is 12.2 Å². The van der Waals surface area contributed by atoms with E-state index in [9.17, 15) is 5.11 Å².